The molecule has 2 aromatic rings. The van der Waals surface area contributed by atoms with Crippen LogP contribution in [-0.4, -0.2) is 0 Å². The summed E-state index contributed by atoms with van der Waals surface area (Å²) >= 11 is 12.5. The molecule has 2 N–H and O–H groups in total. The topological polar surface area (TPSA) is 26.0 Å². The maximum absolute atomic E-state index is 6.41. The van der Waals surface area contributed by atoms with E-state index in [1.54, 1.807) is 0 Å². The van der Waals surface area contributed by atoms with E-state index in [0.717, 1.165) is 16.7 Å². The predicted octanol–water partition coefficient (Wildman–Crippen LogP) is 5.42. The molecule has 0 amide bonds. The minimum Gasteiger partial charge on any atom is -0.326 e. The summed E-state index contributed by atoms with van der Waals surface area (Å²) in [6.45, 7) is 6.93. The minimum atomic E-state index is 0.144. The van der Waals surface area contributed by atoms with Gasteiger partial charge in [-0.2, -0.15) is 0 Å². The van der Waals surface area contributed by atoms with Crippen molar-refractivity contribution in [1.29, 1.82) is 0 Å². The smallest absolute Gasteiger partial charge is 0.0544 e. The van der Waals surface area contributed by atoms with E-state index in [4.69, 9.17) is 28.9 Å². The van der Waals surface area contributed by atoms with Gasteiger partial charge in [-0.15, -0.1) is 0 Å². The van der Waals surface area contributed by atoms with E-state index in [9.17, 15) is 0 Å². The molecule has 3 heteroatoms. The van der Waals surface area contributed by atoms with Gasteiger partial charge in [-0.3, -0.25) is 0 Å². The van der Waals surface area contributed by atoms with E-state index in [-0.39, 0.29) is 5.41 Å². The first kappa shape index (κ1) is 15.4. The summed E-state index contributed by atoms with van der Waals surface area (Å²) in [6, 6.07) is 12.3. The molecule has 0 saturated carbocycles. The lowest BCUT2D eigenvalue weighted by molar-refractivity contribution is 0.590. The number of hydrogen-bond acceptors (Lipinski definition) is 1. The molecular weight excluding hydrogens is 289 g/mol. The molecule has 0 aliphatic carbocycles. The molecule has 0 aliphatic rings. The van der Waals surface area contributed by atoms with Crippen LogP contribution < -0.4 is 5.73 Å². The van der Waals surface area contributed by atoms with Crippen LogP contribution in [0.1, 0.15) is 31.9 Å². The van der Waals surface area contributed by atoms with Gasteiger partial charge in [0, 0.05) is 22.7 Å². The van der Waals surface area contributed by atoms with Crippen LogP contribution in [0.3, 0.4) is 0 Å². The van der Waals surface area contributed by atoms with Crippen LogP contribution in [0.25, 0.3) is 11.1 Å². The van der Waals surface area contributed by atoms with Crippen LogP contribution in [-0.2, 0) is 12.0 Å². The molecule has 1 nitrogen and oxygen atoms in total. The number of rotatable bonds is 2. The third-order valence-corrected chi connectivity index (χ3v) is 4.24. The molecule has 0 radical (unpaired) electrons. The summed E-state index contributed by atoms with van der Waals surface area (Å²) in [6.07, 6.45) is 0. The number of halogens is 2. The maximum atomic E-state index is 6.41. The predicted molar refractivity (Wildman–Crippen MR) is 88.5 cm³/mol. The van der Waals surface area contributed by atoms with E-state index in [2.05, 4.69) is 45.0 Å². The van der Waals surface area contributed by atoms with Crippen LogP contribution in [0.4, 0.5) is 0 Å². The highest BCUT2D eigenvalue weighted by Crippen LogP contribution is 2.35. The SMILES string of the molecule is CC(C)(C)c1ccc(-c2ccc(Cl)c(CN)c2Cl)cc1. The van der Waals surface area contributed by atoms with Crippen LogP contribution in [0.2, 0.25) is 10.0 Å². The summed E-state index contributed by atoms with van der Waals surface area (Å²) in [5.41, 5.74) is 10.00. The lowest BCUT2D eigenvalue weighted by atomic mass is 9.86. The fourth-order valence-electron chi connectivity index (χ4n) is 2.16. The molecule has 0 fully saturated rings. The first-order chi connectivity index (χ1) is 9.34. The van der Waals surface area contributed by atoms with Gasteiger partial charge in [0.15, 0.2) is 0 Å². The zero-order chi connectivity index (χ0) is 14.9. The summed E-state index contributed by atoms with van der Waals surface area (Å²) in [7, 11) is 0. The Kier molecular flexibility index (Phi) is 4.43. The van der Waals surface area contributed by atoms with E-state index < -0.39 is 0 Å². The molecule has 2 aromatic carbocycles. The average molecular weight is 308 g/mol. The van der Waals surface area contributed by atoms with Crippen molar-refractivity contribution in [2.24, 2.45) is 5.73 Å². The standard InChI is InChI=1S/C17H19Cl2N/c1-17(2,3)12-6-4-11(5-7-12)13-8-9-15(18)14(10-20)16(13)19/h4-9H,10,20H2,1-3H3. The van der Waals surface area contributed by atoms with Crippen molar-refractivity contribution < 1.29 is 0 Å². The fraction of sp³-hybridized carbons (Fsp3) is 0.294. The lowest BCUT2D eigenvalue weighted by Crippen LogP contribution is -2.10. The van der Waals surface area contributed by atoms with Crippen molar-refractivity contribution in [3.05, 3.63) is 57.6 Å². The van der Waals surface area contributed by atoms with Gasteiger partial charge in [0.1, 0.15) is 0 Å². The number of benzene rings is 2. The monoisotopic (exact) mass is 307 g/mol. The average Bonchev–Trinajstić information content (AvgIpc) is 2.38. The normalized spacial score (nSPS) is 11.7. The zero-order valence-electron chi connectivity index (χ0n) is 12.0. The molecule has 0 spiro atoms. The van der Waals surface area contributed by atoms with Crippen LogP contribution in [0.5, 0.6) is 0 Å². The van der Waals surface area contributed by atoms with Gasteiger partial charge in [-0.1, -0.05) is 74.3 Å². The Morgan fingerprint density at radius 1 is 0.950 bits per heavy atom. The van der Waals surface area contributed by atoms with Crippen molar-refractivity contribution in [3.8, 4) is 11.1 Å². The Bertz CT molecular complexity index is 610. The van der Waals surface area contributed by atoms with Gasteiger partial charge in [0.25, 0.3) is 0 Å². The third-order valence-electron chi connectivity index (χ3n) is 3.45. The molecule has 20 heavy (non-hydrogen) atoms. The molecule has 2 rings (SSSR count). The van der Waals surface area contributed by atoms with Crippen LogP contribution in [0, 0.1) is 0 Å². The Morgan fingerprint density at radius 3 is 2.05 bits per heavy atom. The lowest BCUT2D eigenvalue weighted by Gasteiger charge is -2.19. The molecular formula is C17H19Cl2N. The van der Waals surface area contributed by atoms with Crippen molar-refractivity contribution in [2.45, 2.75) is 32.7 Å². The summed E-state index contributed by atoms with van der Waals surface area (Å²) in [4.78, 5) is 0. The molecule has 0 atom stereocenters. The van der Waals surface area contributed by atoms with Gasteiger partial charge >= 0.3 is 0 Å². The van der Waals surface area contributed by atoms with E-state index in [1.165, 1.54) is 5.56 Å². The van der Waals surface area contributed by atoms with Crippen molar-refractivity contribution in [3.63, 3.8) is 0 Å². The number of hydrogen-bond donors (Lipinski definition) is 1. The second kappa shape index (κ2) is 5.77. The molecule has 0 saturated heterocycles. The quantitative estimate of drug-likeness (QED) is 0.788. The van der Waals surface area contributed by atoms with Crippen molar-refractivity contribution in [2.75, 3.05) is 0 Å². The van der Waals surface area contributed by atoms with Crippen LogP contribution in [0.15, 0.2) is 36.4 Å². The molecule has 0 aromatic heterocycles. The highest BCUT2D eigenvalue weighted by atomic mass is 35.5. The Morgan fingerprint density at radius 2 is 1.55 bits per heavy atom. The molecule has 0 unspecified atom stereocenters. The van der Waals surface area contributed by atoms with Gasteiger partial charge in [0.2, 0.25) is 0 Å². The Hall–Kier alpha value is -1.02. The van der Waals surface area contributed by atoms with Gasteiger partial charge in [-0.05, 0) is 22.6 Å². The Balaban J connectivity index is 2.47. The summed E-state index contributed by atoms with van der Waals surface area (Å²) in [5.74, 6) is 0. The maximum Gasteiger partial charge on any atom is 0.0544 e. The molecule has 0 bridgehead atoms. The second-order valence-electron chi connectivity index (χ2n) is 5.92. The van der Waals surface area contributed by atoms with Gasteiger partial charge < -0.3 is 5.73 Å². The first-order valence-electron chi connectivity index (χ1n) is 6.62. The van der Waals surface area contributed by atoms with Crippen molar-refractivity contribution in [1.82, 2.24) is 0 Å². The molecule has 0 heterocycles. The van der Waals surface area contributed by atoms with Crippen molar-refractivity contribution >= 4 is 23.2 Å². The fourth-order valence-corrected chi connectivity index (χ4v) is 2.79. The highest BCUT2D eigenvalue weighted by Gasteiger charge is 2.15. The highest BCUT2D eigenvalue weighted by molar-refractivity contribution is 6.37. The third kappa shape index (κ3) is 3.01. The minimum absolute atomic E-state index is 0.144. The molecule has 0 aliphatic heterocycles. The van der Waals surface area contributed by atoms with Gasteiger partial charge in [-0.25, -0.2) is 0 Å². The second-order valence-corrected chi connectivity index (χ2v) is 6.70. The number of nitrogens with two attached hydrogens (primary N) is 1. The van der Waals surface area contributed by atoms with E-state index >= 15 is 0 Å². The van der Waals surface area contributed by atoms with Gasteiger partial charge in [0.05, 0.1) is 5.02 Å². The molecule has 106 valence electrons. The summed E-state index contributed by atoms with van der Waals surface area (Å²) in [5, 5.41) is 1.26. The largest absolute Gasteiger partial charge is 0.326 e. The first-order valence-corrected chi connectivity index (χ1v) is 7.38. The Labute approximate surface area is 130 Å². The zero-order valence-corrected chi connectivity index (χ0v) is 13.5. The van der Waals surface area contributed by atoms with Crippen LogP contribution >= 0.6 is 23.2 Å². The van der Waals surface area contributed by atoms with E-state index in [0.29, 0.717) is 16.6 Å². The van der Waals surface area contributed by atoms with E-state index in [1.807, 2.05) is 12.1 Å². The summed E-state index contributed by atoms with van der Waals surface area (Å²) < 4.78 is 0.